The molecule has 0 aliphatic carbocycles. The topological polar surface area (TPSA) is 83.6 Å². The van der Waals surface area contributed by atoms with Crippen LogP contribution in [0.4, 0.5) is 4.39 Å². The zero-order valence-corrected chi connectivity index (χ0v) is 12.1. The molecule has 7 heteroatoms. The van der Waals surface area contributed by atoms with Crippen molar-refractivity contribution in [1.29, 1.82) is 0 Å². The zero-order chi connectivity index (χ0) is 15.0. The number of aromatic carboxylic acids is 1. The Bertz CT molecular complexity index is 544. The van der Waals surface area contributed by atoms with Crippen LogP contribution in [0.25, 0.3) is 0 Å². The quantitative estimate of drug-likeness (QED) is 0.890. The monoisotopic (exact) mass is 300 g/mol. The van der Waals surface area contributed by atoms with E-state index in [0.29, 0.717) is 9.75 Å². The molecule has 0 saturated carbocycles. The van der Waals surface area contributed by atoms with Crippen LogP contribution in [0.1, 0.15) is 39.5 Å². The molecule has 110 valence electrons. The van der Waals surface area contributed by atoms with E-state index in [9.17, 15) is 14.0 Å². The van der Waals surface area contributed by atoms with Crippen molar-refractivity contribution in [1.82, 2.24) is 4.90 Å². The van der Waals surface area contributed by atoms with Gasteiger partial charge in [0.1, 0.15) is 6.17 Å². The number of aryl methyl sites for hydroxylation is 1. The summed E-state index contributed by atoms with van der Waals surface area (Å²) in [4.78, 5) is 25.9. The van der Waals surface area contributed by atoms with E-state index >= 15 is 0 Å². The molecule has 1 aromatic rings. The lowest BCUT2D eigenvalue weighted by atomic mass is 10.1. The number of alkyl halides is 1. The number of carboxylic acid groups (broad SMARTS) is 1. The fraction of sp³-hybridized carbons (Fsp3) is 0.538. The lowest BCUT2D eigenvalue weighted by molar-refractivity contribution is -0.133. The Labute approximate surface area is 120 Å². The molecule has 0 spiro atoms. The van der Waals surface area contributed by atoms with Gasteiger partial charge in [-0.2, -0.15) is 0 Å². The Morgan fingerprint density at radius 2 is 2.25 bits per heavy atom. The lowest BCUT2D eigenvalue weighted by Crippen LogP contribution is -2.41. The highest BCUT2D eigenvalue weighted by Crippen LogP contribution is 2.38. The lowest BCUT2D eigenvalue weighted by Gasteiger charge is -2.25. The highest BCUT2D eigenvalue weighted by atomic mass is 32.1. The first-order chi connectivity index (χ1) is 9.31. The van der Waals surface area contributed by atoms with Crippen molar-refractivity contribution in [2.45, 2.75) is 38.5 Å². The van der Waals surface area contributed by atoms with Crippen LogP contribution in [-0.2, 0) is 4.79 Å². The number of carbonyl (C=O) groups excluding carboxylic acids is 1. The Morgan fingerprint density at radius 1 is 1.60 bits per heavy atom. The van der Waals surface area contributed by atoms with E-state index in [1.54, 1.807) is 13.8 Å². The van der Waals surface area contributed by atoms with E-state index < -0.39 is 24.2 Å². The van der Waals surface area contributed by atoms with Gasteiger partial charge in [0.2, 0.25) is 5.91 Å². The Hall–Kier alpha value is -1.47. The predicted octanol–water partition coefficient (Wildman–Crippen LogP) is 1.71. The Kier molecular flexibility index (Phi) is 4.10. The Morgan fingerprint density at radius 3 is 2.75 bits per heavy atom. The van der Waals surface area contributed by atoms with Gasteiger partial charge in [-0.1, -0.05) is 0 Å². The van der Waals surface area contributed by atoms with E-state index in [1.165, 1.54) is 22.3 Å². The molecule has 20 heavy (non-hydrogen) atoms. The second-order valence-corrected chi connectivity index (χ2v) is 6.34. The summed E-state index contributed by atoms with van der Waals surface area (Å²) in [5.41, 5.74) is 5.79. The Balaban J connectivity index is 2.32. The summed E-state index contributed by atoms with van der Waals surface area (Å²) in [6, 6.07) is 0.426. The van der Waals surface area contributed by atoms with Gasteiger partial charge in [0, 0.05) is 16.2 Å². The molecule has 2 heterocycles. The second kappa shape index (κ2) is 5.49. The molecule has 3 atom stereocenters. The first-order valence-corrected chi connectivity index (χ1v) is 7.16. The van der Waals surface area contributed by atoms with Gasteiger partial charge in [-0.3, -0.25) is 4.79 Å². The summed E-state index contributed by atoms with van der Waals surface area (Å²) in [5.74, 6) is -1.32. The number of hydrogen-bond acceptors (Lipinski definition) is 4. The van der Waals surface area contributed by atoms with Crippen molar-refractivity contribution < 1.29 is 19.1 Å². The number of carbonyl (C=O) groups is 2. The van der Waals surface area contributed by atoms with Gasteiger partial charge in [0.15, 0.2) is 0 Å². The normalized spacial score (nSPS) is 23.9. The van der Waals surface area contributed by atoms with Gasteiger partial charge >= 0.3 is 5.97 Å². The number of nitrogens with zero attached hydrogens (tertiary/aromatic N) is 1. The summed E-state index contributed by atoms with van der Waals surface area (Å²) in [6.45, 7) is 3.29. The van der Waals surface area contributed by atoms with Crippen LogP contribution in [0.5, 0.6) is 0 Å². The summed E-state index contributed by atoms with van der Waals surface area (Å²) >= 11 is 1.29. The summed E-state index contributed by atoms with van der Waals surface area (Å²) < 4.78 is 13.7. The smallest absolute Gasteiger partial charge is 0.336 e. The van der Waals surface area contributed by atoms with Crippen LogP contribution in [0.3, 0.4) is 0 Å². The number of likely N-dealkylation sites (tertiary alicyclic amines) is 1. The highest BCUT2D eigenvalue weighted by Gasteiger charge is 2.38. The van der Waals surface area contributed by atoms with Crippen molar-refractivity contribution >= 4 is 23.2 Å². The van der Waals surface area contributed by atoms with Gasteiger partial charge in [-0.05, 0) is 19.9 Å². The minimum Gasteiger partial charge on any atom is -0.478 e. The number of amides is 1. The van der Waals surface area contributed by atoms with Gasteiger partial charge in [0.05, 0.1) is 24.2 Å². The molecular formula is C13H17FN2O3S. The average molecular weight is 300 g/mol. The van der Waals surface area contributed by atoms with Gasteiger partial charge in [-0.25, -0.2) is 9.18 Å². The average Bonchev–Trinajstić information content (AvgIpc) is 2.91. The molecule has 1 amide bonds. The molecule has 0 bridgehead atoms. The minimum atomic E-state index is -1.10. The zero-order valence-electron chi connectivity index (χ0n) is 11.3. The molecule has 0 aromatic carbocycles. The number of carboxylic acids is 1. The van der Waals surface area contributed by atoms with Gasteiger partial charge < -0.3 is 15.7 Å². The number of thiophene rings is 1. The second-order valence-electron chi connectivity index (χ2n) is 5.05. The molecule has 1 fully saturated rings. The number of nitrogens with two attached hydrogens (primary N) is 1. The fourth-order valence-electron chi connectivity index (χ4n) is 2.44. The van der Waals surface area contributed by atoms with E-state index in [2.05, 4.69) is 0 Å². The molecule has 0 radical (unpaired) electrons. The molecular weight excluding hydrogens is 283 g/mol. The predicted molar refractivity (Wildman–Crippen MR) is 73.6 cm³/mol. The van der Waals surface area contributed by atoms with E-state index in [-0.39, 0.29) is 24.4 Å². The molecule has 1 aliphatic rings. The third-order valence-electron chi connectivity index (χ3n) is 3.42. The van der Waals surface area contributed by atoms with Crippen molar-refractivity contribution in [2.24, 2.45) is 5.73 Å². The van der Waals surface area contributed by atoms with Gasteiger partial charge in [0.25, 0.3) is 0 Å². The first-order valence-electron chi connectivity index (χ1n) is 6.35. The SMILES string of the molecule is Cc1sc([C@@H]2C[C@@H](F)CN2C(=O)C(C)N)cc1C(=O)O. The van der Waals surface area contributed by atoms with Crippen LogP contribution >= 0.6 is 11.3 Å². The molecule has 1 unspecified atom stereocenters. The number of rotatable bonds is 3. The van der Waals surface area contributed by atoms with Crippen molar-refractivity contribution in [3.63, 3.8) is 0 Å². The highest BCUT2D eigenvalue weighted by molar-refractivity contribution is 7.12. The first kappa shape index (κ1) is 14.9. The minimum absolute atomic E-state index is 0.0182. The van der Waals surface area contributed by atoms with Crippen LogP contribution in [0, 0.1) is 6.92 Å². The number of hydrogen-bond donors (Lipinski definition) is 2. The molecule has 1 saturated heterocycles. The van der Waals surface area contributed by atoms with E-state index in [0.717, 1.165) is 0 Å². The third kappa shape index (κ3) is 2.69. The van der Waals surface area contributed by atoms with Crippen molar-refractivity contribution in [3.05, 3.63) is 21.4 Å². The maximum absolute atomic E-state index is 13.7. The number of halogens is 1. The largest absolute Gasteiger partial charge is 0.478 e. The summed E-state index contributed by atoms with van der Waals surface area (Å²) in [6.07, 6.45) is -0.907. The van der Waals surface area contributed by atoms with Crippen molar-refractivity contribution in [3.8, 4) is 0 Å². The van der Waals surface area contributed by atoms with Crippen LogP contribution in [-0.4, -0.2) is 40.6 Å². The molecule has 2 rings (SSSR count). The maximum Gasteiger partial charge on any atom is 0.336 e. The van der Waals surface area contributed by atoms with Crippen LogP contribution < -0.4 is 5.73 Å². The standard InChI is InChI=1S/C13H17FN2O3S/c1-6(15)12(17)16-5-8(14)3-10(16)11-4-9(13(18)19)7(2)20-11/h4,6,8,10H,3,5,15H2,1-2H3,(H,18,19)/t6?,8-,10+/m1/s1. The maximum atomic E-state index is 13.7. The van der Waals surface area contributed by atoms with Crippen LogP contribution in [0.15, 0.2) is 6.07 Å². The molecule has 1 aromatic heterocycles. The third-order valence-corrected chi connectivity index (χ3v) is 4.57. The summed E-state index contributed by atoms with van der Waals surface area (Å²) in [7, 11) is 0. The van der Waals surface area contributed by atoms with E-state index in [1.807, 2.05) is 0 Å². The molecule has 3 N–H and O–H groups in total. The molecule has 1 aliphatic heterocycles. The molecule has 5 nitrogen and oxygen atoms in total. The van der Waals surface area contributed by atoms with Crippen LogP contribution in [0.2, 0.25) is 0 Å². The summed E-state index contributed by atoms with van der Waals surface area (Å²) in [5, 5.41) is 9.07. The van der Waals surface area contributed by atoms with Crippen molar-refractivity contribution in [2.75, 3.05) is 6.54 Å². The fourth-order valence-corrected chi connectivity index (χ4v) is 3.59. The van der Waals surface area contributed by atoms with Gasteiger partial charge in [-0.15, -0.1) is 11.3 Å². The van der Waals surface area contributed by atoms with E-state index in [4.69, 9.17) is 10.8 Å².